The van der Waals surface area contributed by atoms with E-state index < -0.39 is 0 Å². The summed E-state index contributed by atoms with van der Waals surface area (Å²) in [6.45, 7) is 5.47. The SMILES string of the molecule is CCOC1CC(N[C@@H](C)C2CCCC2)C12CCCCC2. The molecule has 0 aromatic rings. The first kappa shape index (κ1) is 14.8. The van der Waals surface area contributed by atoms with Crippen molar-refractivity contribution in [1.29, 1.82) is 0 Å². The third-order valence-electron chi connectivity index (χ3n) is 6.51. The second-order valence-corrected chi connectivity index (χ2v) is 7.53. The van der Waals surface area contributed by atoms with Crippen molar-refractivity contribution in [2.75, 3.05) is 6.61 Å². The van der Waals surface area contributed by atoms with Crippen molar-refractivity contribution in [1.82, 2.24) is 5.32 Å². The predicted octanol–water partition coefficient (Wildman–Crippen LogP) is 4.28. The fourth-order valence-corrected chi connectivity index (χ4v) is 5.21. The fourth-order valence-electron chi connectivity index (χ4n) is 5.21. The minimum absolute atomic E-state index is 0.487. The van der Waals surface area contributed by atoms with Crippen LogP contribution in [-0.2, 0) is 4.74 Å². The number of hydrogen-bond acceptors (Lipinski definition) is 2. The molecule has 116 valence electrons. The van der Waals surface area contributed by atoms with Gasteiger partial charge < -0.3 is 10.1 Å². The van der Waals surface area contributed by atoms with Crippen LogP contribution in [-0.4, -0.2) is 24.8 Å². The van der Waals surface area contributed by atoms with Crippen LogP contribution in [0.2, 0.25) is 0 Å². The van der Waals surface area contributed by atoms with Crippen molar-refractivity contribution in [2.24, 2.45) is 11.3 Å². The van der Waals surface area contributed by atoms with E-state index in [0.29, 0.717) is 17.6 Å². The predicted molar refractivity (Wildman–Crippen MR) is 83.9 cm³/mol. The summed E-state index contributed by atoms with van der Waals surface area (Å²) in [5.41, 5.74) is 0.487. The molecule has 0 aliphatic heterocycles. The average molecular weight is 279 g/mol. The quantitative estimate of drug-likeness (QED) is 0.811. The Labute approximate surface area is 125 Å². The molecule has 1 spiro atoms. The maximum absolute atomic E-state index is 6.07. The molecule has 0 heterocycles. The number of ether oxygens (including phenoxy) is 1. The maximum Gasteiger partial charge on any atom is 0.0661 e. The lowest BCUT2D eigenvalue weighted by atomic mass is 9.55. The van der Waals surface area contributed by atoms with Crippen molar-refractivity contribution in [3.8, 4) is 0 Å². The molecule has 0 aromatic carbocycles. The van der Waals surface area contributed by atoms with Crippen molar-refractivity contribution < 1.29 is 4.74 Å². The fraction of sp³-hybridized carbons (Fsp3) is 1.00. The summed E-state index contributed by atoms with van der Waals surface area (Å²) < 4.78 is 6.07. The van der Waals surface area contributed by atoms with Crippen molar-refractivity contribution >= 4 is 0 Å². The first-order valence-electron chi connectivity index (χ1n) is 9.14. The smallest absolute Gasteiger partial charge is 0.0661 e. The standard InChI is InChI=1S/C18H33NO/c1-3-20-17-13-16(18(17)11-7-4-8-12-18)19-14(2)15-9-5-6-10-15/h14-17,19H,3-13H2,1-2H3/t14-,16?,17?/m0/s1. The number of rotatable bonds is 5. The zero-order valence-corrected chi connectivity index (χ0v) is 13.5. The first-order valence-corrected chi connectivity index (χ1v) is 9.14. The van der Waals surface area contributed by atoms with Gasteiger partial charge in [-0.3, -0.25) is 0 Å². The Balaban J connectivity index is 1.60. The highest BCUT2D eigenvalue weighted by Crippen LogP contribution is 2.53. The van der Waals surface area contributed by atoms with Crippen LogP contribution in [0.25, 0.3) is 0 Å². The van der Waals surface area contributed by atoms with Gasteiger partial charge in [-0.05, 0) is 51.9 Å². The highest BCUT2D eigenvalue weighted by molar-refractivity contribution is 5.09. The lowest BCUT2D eigenvalue weighted by Gasteiger charge is -2.58. The largest absolute Gasteiger partial charge is 0.378 e. The summed E-state index contributed by atoms with van der Waals surface area (Å²) >= 11 is 0. The number of nitrogens with one attached hydrogen (secondary N) is 1. The zero-order valence-electron chi connectivity index (χ0n) is 13.5. The lowest BCUT2D eigenvalue weighted by molar-refractivity contribution is -0.152. The summed E-state index contributed by atoms with van der Waals surface area (Å²) in [7, 11) is 0. The summed E-state index contributed by atoms with van der Waals surface area (Å²) in [6, 6.07) is 1.44. The van der Waals surface area contributed by atoms with E-state index in [0.717, 1.165) is 18.6 Å². The van der Waals surface area contributed by atoms with Crippen LogP contribution in [0.5, 0.6) is 0 Å². The van der Waals surface area contributed by atoms with Crippen LogP contribution in [0.4, 0.5) is 0 Å². The van der Waals surface area contributed by atoms with E-state index in [1.807, 2.05) is 0 Å². The van der Waals surface area contributed by atoms with Crippen LogP contribution in [0.15, 0.2) is 0 Å². The van der Waals surface area contributed by atoms with E-state index in [9.17, 15) is 0 Å². The third-order valence-corrected chi connectivity index (χ3v) is 6.51. The van der Waals surface area contributed by atoms with E-state index in [2.05, 4.69) is 19.2 Å². The summed E-state index contributed by atoms with van der Waals surface area (Å²) in [4.78, 5) is 0. The van der Waals surface area contributed by atoms with Gasteiger partial charge in [0, 0.05) is 24.1 Å². The molecule has 3 aliphatic carbocycles. The van der Waals surface area contributed by atoms with Crippen LogP contribution in [0.3, 0.4) is 0 Å². The summed E-state index contributed by atoms with van der Waals surface area (Å²) in [5, 5.41) is 4.03. The first-order chi connectivity index (χ1) is 9.76. The minimum atomic E-state index is 0.487. The third kappa shape index (κ3) is 2.66. The molecule has 3 rings (SSSR count). The van der Waals surface area contributed by atoms with Gasteiger partial charge in [-0.25, -0.2) is 0 Å². The van der Waals surface area contributed by atoms with Gasteiger partial charge in [0.25, 0.3) is 0 Å². The summed E-state index contributed by atoms with van der Waals surface area (Å²) in [6.07, 6.45) is 14.7. The van der Waals surface area contributed by atoms with E-state index in [1.54, 1.807) is 0 Å². The molecule has 3 atom stereocenters. The Morgan fingerprint density at radius 3 is 2.45 bits per heavy atom. The Morgan fingerprint density at radius 2 is 1.80 bits per heavy atom. The van der Waals surface area contributed by atoms with Crippen LogP contribution >= 0.6 is 0 Å². The summed E-state index contributed by atoms with van der Waals surface area (Å²) in [5.74, 6) is 0.932. The number of hydrogen-bond donors (Lipinski definition) is 1. The molecule has 2 nitrogen and oxygen atoms in total. The van der Waals surface area contributed by atoms with Crippen LogP contribution in [0.1, 0.15) is 78.1 Å². The van der Waals surface area contributed by atoms with Gasteiger partial charge in [0.05, 0.1) is 6.10 Å². The van der Waals surface area contributed by atoms with E-state index in [4.69, 9.17) is 4.74 Å². The Morgan fingerprint density at radius 1 is 1.10 bits per heavy atom. The molecule has 0 bridgehead atoms. The molecular weight excluding hydrogens is 246 g/mol. The van der Waals surface area contributed by atoms with Gasteiger partial charge in [-0.2, -0.15) is 0 Å². The molecule has 0 aromatic heterocycles. The van der Waals surface area contributed by atoms with Gasteiger partial charge in [0.1, 0.15) is 0 Å². The molecule has 0 saturated heterocycles. The van der Waals surface area contributed by atoms with Gasteiger partial charge in [-0.1, -0.05) is 32.1 Å². The second-order valence-electron chi connectivity index (χ2n) is 7.53. The van der Waals surface area contributed by atoms with Crippen molar-refractivity contribution in [3.05, 3.63) is 0 Å². The van der Waals surface area contributed by atoms with Gasteiger partial charge in [0.15, 0.2) is 0 Å². The Kier molecular flexibility index (Phi) is 4.72. The highest BCUT2D eigenvalue weighted by atomic mass is 16.5. The van der Waals surface area contributed by atoms with E-state index >= 15 is 0 Å². The monoisotopic (exact) mass is 279 g/mol. The molecule has 20 heavy (non-hydrogen) atoms. The molecule has 1 N–H and O–H groups in total. The molecule has 0 radical (unpaired) electrons. The maximum atomic E-state index is 6.07. The molecule has 3 aliphatic rings. The topological polar surface area (TPSA) is 21.3 Å². The molecular formula is C18H33NO. The molecule has 0 amide bonds. The van der Waals surface area contributed by atoms with E-state index in [1.165, 1.54) is 64.2 Å². The van der Waals surface area contributed by atoms with Gasteiger partial charge >= 0.3 is 0 Å². The lowest BCUT2D eigenvalue weighted by Crippen LogP contribution is -2.66. The average Bonchev–Trinajstić information content (AvgIpc) is 3.01. The molecule has 3 fully saturated rings. The molecule has 2 unspecified atom stereocenters. The minimum Gasteiger partial charge on any atom is -0.378 e. The van der Waals surface area contributed by atoms with Crippen LogP contribution in [0, 0.1) is 11.3 Å². The van der Waals surface area contributed by atoms with E-state index in [-0.39, 0.29) is 0 Å². The highest BCUT2D eigenvalue weighted by Gasteiger charge is 2.55. The van der Waals surface area contributed by atoms with Crippen LogP contribution < -0.4 is 5.32 Å². The zero-order chi connectivity index (χ0) is 14.0. The van der Waals surface area contributed by atoms with Gasteiger partial charge in [0.2, 0.25) is 0 Å². The van der Waals surface area contributed by atoms with Crippen molar-refractivity contribution in [2.45, 2.75) is 96.2 Å². The van der Waals surface area contributed by atoms with Gasteiger partial charge in [-0.15, -0.1) is 0 Å². The molecule has 2 heteroatoms. The van der Waals surface area contributed by atoms with Crippen molar-refractivity contribution in [3.63, 3.8) is 0 Å². The Bertz CT molecular complexity index is 305. The molecule has 3 saturated carbocycles. The Hall–Kier alpha value is -0.0800. The second kappa shape index (κ2) is 6.36. The normalized spacial score (nSPS) is 35.1.